The summed E-state index contributed by atoms with van der Waals surface area (Å²) < 4.78 is 11.8. The molecule has 3 fully saturated rings. The molecule has 2 atom stereocenters. The Morgan fingerprint density at radius 3 is 2.47 bits per heavy atom. The number of hydrogen-bond acceptors (Lipinski definition) is 3. The number of ketones is 1. The van der Waals surface area contributed by atoms with Crippen molar-refractivity contribution in [1.82, 2.24) is 0 Å². The third kappa shape index (κ3) is 1.16. The third-order valence-corrected chi connectivity index (χ3v) is 4.32. The lowest BCUT2D eigenvalue weighted by atomic mass is 9.78. The predicted molar refractivity (Wildman–Crippen MR) is 54.7 cm³/mol. The van der Waals surface area contributed by atoms with Crippen LogP contribution in [0.4, 0.5) is 0 Å². The molecule has 84 valence electrons. The van der Waals surface area contributed by atoms with E-state index < -0.39 is 5.60 Å². The minimum atomic E-state index is -0.548. The maximum Gasteiger partial charge on any atom is 0.167 e. The average Bonchev–Trinajstić information content (AvgIpc) is 2.85. The van der Waals surface area contributed by atoms with E-state index in [1.807, 2.05) is 0 Å². The monoisotopic (exact) mass is 210 g/mol. The minimum Gasteiger partial charge on any atom is -0.371 e. The second-order valence-corrected chi connectivity index (χ2v) is 5.00. The smallest absolute Gasteiger partial charge is 0.167 e. The van der Waals surface area contributed by atoms with Crippen LogP contribution in [0.25, 0.3) is 0 Å². The summed E-state index contributed by atoms with van der Waals surface area (Å²) in [6.07, 6.45) is 6.75. The Bertz CT molecular complexity index is 273. The van der Waals surface area contributed by atoms with E-state index in [1.54, 1.807) is 0 Å². The van der Waals surface area contributed by atoms with Crippen molar-refractivity contribution in [2.45, 2.75) is 56.1 Å². The van der Waals surface area contributed by atoms with Crippen LogP contribution >= 0.6 is 0 Å². The third-order valence-electron chi connectivity index (χ3n) is 4.32. The van der Waals surface area contributed by atoms with Crippen LogP contribution in [0.3, 0.4) is 0 Å². The van der Waals surface area contributed by atoms with Crippen molar-refractivity contribution >= 4 is 5.78 Å². The predicted octanol–water partition coefficient (Wildman–Crippen LogP) is 1.84. The average molecular weight is 210 g/mol. The largest absolute Gasteiger partial charge is 0.371 e. The first-order valence-corrected chi connectivity index (χ1v) is 6.10. The molecule has 0 aromatic heterocycles. The molecular formula is C12H18O3. The number of fused-ring (bicyclic) bond motifs is 1. The number of ether oxygens (including phenoxy) is 2. The van der Waals surface area contributed by atoms with Crippen LogP contribution in [0, 0.1) is 0 Å². The van der Waals surface area contributed by atoms with E-state index in [9.17, 15) is 4.79 Å². The van der Waals surface area contributed by atoms with Gasteiger partial charge in [-0.05, 0) is 38.5 Å². The lowest BCUT2D eigenvalue weighted by molar-refractivity contribution is -0.192. The van der Waals surface area contributed by atoms with Crippen molar-refractivity contribution in [3.63, 3.8) is 0 Å². The quantitative estimate of drug-likeness (QED) is 0.612. The zero-order valence-electron chi connectivity index (χ0n) is 9.09. The van der Waals surface area contributed by atoms with Crippen LogP contribution < -0.4 is 0 Å². The Hall–Kier alpha value is -0.410. The Balaban J connectivity index is 1.96. The molecule has 2 aliphatic heterocycles. The van der Waals surface area contributed by atoms with Gasteiger partial charge in [-0.15, -0.1) is 0 Å². The molecule has 3 heteroatoms. The molecule has 0 N–H and O–H groups in total. The van der Waals surface area contributed by atoms with E-state index in [0.29, 0.717) is 12.2 Å². The Kier molecular flexibility index (Phi) is 2.15. The highest BCUT2D eigenvalue weighted by atomic mass is 16.6. The van der Waals surface area contributed by atoms with Gasteiger partial charge in [-0.3, -0.25) is 4.79 Å². The van der Waals surface area contributed by atoms with Gasteiger partial charge in [-0.25, -0.2) is 0 Å². The number of hydrogen-bond donors (Lipinski definition) is 0. The topological polar surface area (TPSA) is 35.5 Å². The molecule has 2 saturated heterocycles. The van der Waals surface area contributed by atoms with Crippen LogP contribution in [0.15, 0.2) is 0 Å². The zero-order chi connectivity index (χ0) is 10.4. The van der Waals surface area contributed by atoms with Crippen LogP contribution in [-0.2, 0) is 14.3 Å². The molecule has 3 aliphatic rings. The summed E-state index contributed by atoms with van der Waals surface area (Å²) in [6.45, 7) is 1.54. The molecule has 0 aromatic carbocycles. The number of carbonyl (C=O) groups excluding carboxylic acids is 1. The fraction of sp³-hybridized carbons (Fsp3) is 0.917. The van der Waals surface area contributed by atoms with Gasteiger partial charge in [0.1, 0.15) is 5.60 Å². The standard InChI is InChI=1S/C12H18O3/c13-10-4-7-11(5-1-2-8-14-11)12(10)6-3-9-15-12/h1-9H2/t11-,12-/m1/s1. The van der Waals surface area contributed by atoms with Crippen molar-refractivity contribution in [2.24, 2.45) is 0 Å². The summed E-state index contributed by atoms with van der Waals surface area (Å²) in [6, 6.07) is 0. The molecule has 3 rings (SSSR count). The SMILES string of the molecule is O=C1CC[C@]2(CCCCO2)[C@@]12CCCO2. The molecule has 0 aromatic rings. The van der Waals surface area contributed by atoms with E-state index >= 15 is 0 Å². The Morgan fingerprint density at radius 2 is 1.80 bits per heavy atom. The second kappa shape index (κ2) is 3.29. The molecule has 1 saturated carbocycles. The molecule has 15 heavy (non-hydrogen) atoms. The second-order valence-electron chi connectivity index (χ2n) is 5.00. The van der Waals surface area contributed by atoms with Crippen molar-refractivity contribution in [3.8, 4) is 0 Å². The highest BCUT2D eigenvalue weighted by Gasteiger charge is 2.63. The van der Waals surface area contributed by atoms with E-state index in [0.717, 1.165) is 45.3 Å². The van der Waals surface area contributed by atoms with Gasteiger partial charge in [0, 0.05) is 19.6 Å². The summed E-state index contributed by atoms with van der Waals surface area (Å²) in [5.74, 6) is 0.293. The zero-order valence-corrected chi connectivity index (χ0v) is 9.09. The van der Waals surface area contributed by atoms with Gasteiger partial charge in [0.25, 0.3) is 0 Å². The maximum absolute atomic E-state index is 12.1. The lowest BCUT2D eigenvalue weighted by Crippen LogP contribution is -2.56. The number of carbonyl (C=O) groups is 1. The van der Waals surface area contributed by atoms with Gasteiger partial charge >= 0.3 is 0 Å². The summed E-state index contributed by atoms with van der Waals surface area (Å²) in [5, 5.41) is 0. The molecule has 1 aliphatic carbocycles. The Labute approximate surface area is 90.1 Å². The lowest BCUT2D eigenvalue weighted by Gasteiger charge is -2.43. The summed E-state index contributed by atoms with van der Waals surface area (Å²) in [5.41, 5.74) is -0.799. The van der Waals surface area contributed by atoms with E-state index in [4.69, 9.17) is 9.47 Å². The molecular weight excluding hydrogens is 192 g/mol. The number of Topliss-reactive ketones (excluding diaryl/α,β-unsaturated/α-hetero) is 1. The van der Waals surface area contributed by atoms with Crippen molar-refractivity contribution in [1.29, 1.82) is 0 Å². The van der Waals surface area contributed by atoms with Gasteiger partial charge in [-0.2, -0.15) is 0 Å². The van der Waals surface area contributed by atoms with Crippen molar-refractivity contribution in [3.05, 3.63) is 0 Å². The van der Waals surface area contributed by atoms with E-state index in [-0.39, 0.29) is 5.60 Å². The van der Waals surface area contributed by atoms with Gasteiger partial charge in [0.15, 0.2) is 11.4 Å². The van der Waals surface area contributed by atoms with Gasteiger partial charge in [0.05, 0.1) is 0 Å². The Morgan fingerprint density at radius 1 is 0.933 bits per heavy atom. The first-order chi connectivity index (χ1) is 7.29. The summed E-state index contributed by atoms with van der Waals surface area (Å²) >= 11 is 0. The molecule has 2 spiro atoms. The molecule has 0 bridgehead atoms. The molecule has 3 nitrogen and oxygen atoms in total. The fourth-order valence-electron chi connectivity index (χ4n) is 3.56. The summed E-state index contributed by atoms with van der Waals surface area (Å²) in [4.78, 5) is 12.1. The van der Waals surface area contributed by atoms with Crippen molar-refractivity contribution in [2.75, 3.05) is 13.2 Å². The highest BCUT2D eigenvalue weighted by molar-refractivity contribution is 5.92. The first-order valence-electron chi connectivity index (χ1n) is 6.10. The summed E-state index contributed by atoms with van der Waals surface area (Å²) in [7, 11) is 0. The number of rotatable bonds is 0. The molecule has 0 radical (unpaired) electrons. The molecule has 0 amide bonds. The van der Waals surface area contributed by atoms with E-state index in [2.05, 4.69) is 0 Å². The van der Waals surface area contributed by atoms with Gasteiger partial charge in [0.2, 0.25) is 0 Å². The highest BCUT2D eigenvalue weighted by Crippen LogP contribution is 2.51. The van der Waals surface area contributed by atoms with Crippen LogP contribution in [0.5, 0.6) is 0 Å². The van der Waals surface area contributed by atoms with Crippen molar-refractivity contribution < 1.29 is 14.3 Å². The van der Waals surface area contributed by atoms with Crippen LogP contribution in [0.1, 0.15) is 44.9 Å². The van der Waals surface area contributed by atoms with E-state index in [1.165, 1.54) is 6.42 Å². The molecule has 0 unspecified atom stereocenters. The first kappa shape index (κ1) is 9.79. The van der Waals surface area contributed by atoms with Gasteiger partial charge in [-0.1, -0.05) is 0 Å². The fourth-order valence-corrected chi connectivity index (χ4v) is 3.56. The normalized spacial score (nSPS) is 45.7. The maximum atomic E-state index is 12.1. The molecule has 2 heterocycles. The van der Waals surface area contributed by atoms with Crippen LogP contribution in [-0.4, -0.2) is 30.2 Å². The minimum absolute atomic E-state index is 0.251. The van der Waals surface area contributed by atoms with Gasteiger partial charge < -0.3 is 9.47 Å². The van der Waals surface area contributed by atoms with Crippen LogP contribution in [0.2, 0.25) is 0 Å².